The molecule has 0 aromatic heterocycles. The average Bonchev–Trinajstić information content (AvgIpc) is 0.858. The fourth-order valence-corrected chi connectivity index (χ4v) is 21.9. The van der Waals surface area contributed by atoms with Crippen LogP contribution in [0.1, 0.15) is 102 Å². The molecule has 630 valence electrons. The van der Waals surface area contributed by atoms with E-state index in [-0.39, 0.29) is 46.6 Å². The van der Waals surface area contributed by atoms with Gasteiger partial charge in [-0.1, -0.05) is 384 Å². The zero-order valence-corrected chi connectivity index (χ0v) is 77.7. The molecule has 0 spiro atoms. The van der Waals surface area contributed by atoms with Gasteiger partial charge in [-0.3, -0.25) is 0 Å². The molecule has 0 radical (unpaired) electrons. The maximum absolute atomic E-state index is 6.18. The summed E-state index contributed by atoms with van der Waals surface area (Å²) in [5.74, 6) is 0. The van der Waals surface area contributed by atoms with Crippen LogP contribution in [0.5, 0.6) is 0 Å². The first-order chi connectivity index (χ1) is 60.9. The molecular formula is C120H111B3BrN2O2-. The van der Waals surface area contributed by atoms with Gasteiger partial charge in [0, 0.05) is 44.0 Å². The van der Waals surface area contributed by atoms with Crippen molar-refractivity contribution < 1.29 is 9.31 Å². The van der Waals surface area contributed by atoms with Crippen LogP contribution in [0.2, 0.25) is 0 Å². The van der Waals surface area contributed by atoms with E-state index in [0.29, 0.717) is 0 Å². The lowest BCUT2D eigenvalue weighted by Gasteiger charge is -2.32. The topological polar surface area (TPSA) is 24.9 Å². The van der Waals surface area contributed by atoms with Crippen LogP contribution in [0, 0.1) is 90.5 Å². The Kier molecular flexibility index (Phi) is 23.9. The quantitative estimate of drug-likeness (QED) is 0.0469. The summed E-state index contributed by atoms with van der Waals surface area (Å²) in [6.45, 7) is 35.8. The minimum atomic E-state index is -0.346. The van der Waals surface area contributed by atoms with Crippen molar-refractivity contribution in [2.45, 2.75) is 129 Å². The molecule has 0 atom stereocenters. The molecule has 1 aliphatic heterocycles. The highest BCUT2D eigenvalue weighted by Gasteiger charge is 2.52. The third-order valence-corrected chi connectivity index (χ3v) is 27.9. The molecule has 0 aliphatic carbocycles. The second-order valence-electron chi connectivity index (χ2n) is 36.4. The van der Waals surface area contributed by atoms with Gasteiger partial charge >= 0.3 is 7.12 Å². The van der Waals surface area contributed by atoms with Crippen molar-refractivity contribution in [1.29, 1.82) is 0 Å². The Hall–Kier alpha value is -12.8. The Morgan fingerprint density at radius 1 is 0.266 bits per heavy atom. The van der Waals surface area contributed by atoms with Crippen LogP contribution in [0.25, 0.3) is 97.3 Å². The predicted molar refractivity (Wildman–Crippen MR) is 565 cm³/mol. The Balaban J connectivity index is 0.000000143. The van der Waals surface area contributed by atoms with E-state index in [9.17, 15) is 0 Å². The number of hydrogen-bond acceptors (Lipinski definition) is 4. The van der Waals surface area contributed by atoms with E-state index < -0.39 is 0 Å². The van der Waals surface area contributed by atoms with Gasteiger partial charge in [-0.2, -0.15) is 0 Å². The molecule has 21 rings (SSSR count). The van der Waals surface area contributed by atoms with E-state index in [4.69, 9.17) is 9.31 Å². The number of rotatable bonds is 14. The molecule has 0 amide bonds. The van der Waals surface area contributed by atoms with Crippen LogP contribution < -0.4 is 48.0 Å². The molecule has 128 heavy (non-hydrogen) atoms. The Bertz CT molecular complexity index is 7260. The molecule has 1 saturated heterocycles. The molecule has 4 nitrogen and oxygen atoms in total. The van der Waals surface area contributed by atoms with Crippen LogP contribution in [-0.2, 0) is 9.31 Å². The predicted octanol–water partition coefficient (Wildman–Crippen LogP) is 28.6. The number of hydrogen-bond donors (Lipinski definition) is 0. The minimum Gasteiger partial charge on any atom is -0.399 e. The number of aryl methyl sites for hydroxylation is 12. The fraction of sp³-hybridized carbons (Fsp3) is 0.158. The summed E-state index contributed by atoms with van der Waals surface area (Å²) in [5.41, 5.74) is 34.1. The summed E-state index contributed by atoms with van der Waals surface area (Å²) in [5, 5.41) is 21.2. The molecule has 0 unspecified atom stereocenters. The SMILES string of the molecule is C.CC1(C)OB(c2ccc(N(c3ccccc3)c3ccccc3)cc2)OC1(C)C.Cc1cc(C)c(B(c2c(C)cc(C)cc2C)c2ccc3c4ccccc4c4c(-c5ccc(N(c6ccccc6)c6ccccc6)cc5)ccc5ccc2c3c54)c(C)c1.Cc1cc(C)c(B(c2c(C)cc(C)cc2C)c2ccc3c4ccccc4c4c(Br)ccc5ccc2c3c54)c(C)c1.[CH3-]. The van der Waals surface area contributed by atoms with Gasteiger partial charge in [-0.25, -0.2) is 0 Å². The first-order valence-electron chi connectivity index (χ1n) is 44.5. The monoisotopic (exact) mass is 1720 g/mol. The Labute approximate surface area is 767 Å². The molecule has 0 saturated carbocycles. The lowest BCUT2D eigenvalue weighted by Crippen LogP contribution is -2.56. The molecule has 20 aromatic carbocycles. The van der Waals surface area contributed by atoms with Crippen molar-refractivity contribution in [3.05, 3.63) is 418 Å². The smallest absolute Gasteiger partial charge is 0.399 e. The summed E-state index contributed by atoms with van der Waals surface area (Å²) in [7, 11) is -0.346. The molecule has 1 heterocycles. The van der Waals surface area contributed by atoms with Gasteiger partial charge in [0.15, 0.2) is 0 Å². The van der Waals surface area contributed by atoms with Crippen LogP contribution in [0.3, 0.4) is 0 Å². The van der Waals surface area contributed by atoms with Crippen molar-refractivity contribution in [2.24, 2.45) is 0 Å². The van der Waals surface area contributed by atoms with Gasteiger partial charge in [0.05, 0.1) is 11.2 Å². The lowest BCUT2D eigenvalue weighted by atomic mass is 9.33. The fourth-order valence-electron chi connectivity index (χ4n) is 21.4. The highest BCUT2D eigenvalue weighted by Crippen LogP contribution is 2.48. The average molecular weight is 1730 g/mol. The van der Waals surface area contributed by atoms with Crippen LogP contribution >= 0.6 is 15.9 Å². The first kappa shape index (κ1) is 87.3. The Morgan fingerprint density at radius 2 is 0.539 bits per heavy atom. The van der Waals surface area contributed by atoms with Crippen molar-refractivity contribution in [3.63, 3.8) is 0 Å². The summed E-state index contributed by atoms with van der Waals surface area (Å²) in [4.78, 5) is 4.57. The molecule has 0 N–H and O–H groups in total. The lowest BCUT2D eigenvalue weighted by molar-refractivity contribution is 0.00578. The summed E-state index contributed by atoms with van der Waals surface area (Å²) < 4.78 is 13.5. The van der Waals surface area contributed by atoms with Crippen LogP contribution in [0.4, 0.5) is 34.1 Å². The zero-order chi connectivity index (χ0) is 87.3. The van der Waals surface area contributed by atoms with Crippen molar-refractivity contribution in [2.75, 3.05) is 9.80 Å². The molecular weight excluding hydrogens is 1610 g/mol. The van der Waals surface area contributed by atoms with Crippen LogP contribution in [0.15, 0.2) is 344 Å². The van der Waals surface area contributed by atoms with E-state index >= 15 is 0 Å². The van der Waals surface area contributed by atoms with Gasteiger partial charge in [0.1, 0.15) is 0 Å². The summed E-state index contributed by atoms with van der Waals surface area (Å²) in [6.07, 6.45) is 0. The second kappa shape index (κ2) is 35.1. The van der Waals surface area contributed by atoms with Crippen LogP contribution in [-0.4, -0.2) is 31.7 Å². The minimum absolute atomic E-state index is 0. The molecule has 1 fully saturated rings. The highest BCUT2D eigenvalue weighted by atomic mass is 79.9. The van der Waals surface area contributed by atoms with Crippen molar-refractivity contribution >= 4 is 195 Å². The number of para-hydroxylation sites is 4. The number of halogens is 1. The maximum Gasteiger partial charge on any atom is 0.494 e. The van der Waals surface area contributed by atoms with Crippen molar-refractivity contribution in [1.82, 2.24) is 0 Å². The van der Waals surface area contributed by atoms with Gasteiger partial charge < -0.3 is 26.5 Å². The molecule has 0 bridgehead atoms. The number of anilines is 6. The first-order valence-corrected chi connectivity index (χ1v) is 45.2. The summed E-state index contributed by atoms with van der Waals surface area (Å²) >= 11 is 3.93. The van der Waals surface area contributed by atoms with E-state index in [0.717, 1.165) is 44.1 Å². The zero-order valence-electron chi connectivity index (χ0n) is 76.2. The van der Waals surface area contributed by atoms with E-state index in [1.54, 1.807) is 0 Å². The highest BCUT2D eigenvalue weighted by molar-refractivity contribution is 9.10. The standard InChI is InChI=1S/C56H46BN.C38H32BBr.C24H26BNO2.CH4.CH3/c1-35-31-37(3)55(38(4)32-35)57(56-39(5)33-36(2)34-40(56)6)51-30-29-49-47-19-13-14-20-48(47)53-46(27-23-42-24-28-50(51)54(49)52(42)53)41-21-25-45(26-22-41)58(43-15-9-7-10-16-43)44-17-11-8-12-18-44;1-21-17-23(3)37(24(4)18-21)39(38-25(5)19-22(2)20-26(38)6)32-15-14-30-28-9-7-8-10-29(28)36-33(40)16-12-27-11-13-31(32)35(30)34(27)36;1-23(2)24(3,4)28-25(27-23)19-15-17-22(18-16-19)26(20-11-7-5-8-12-20)21-13-9-6-10-14-21;;/h7-34H,1-6H3;7-20H,1-6H3;5-18H,1-4H3;1H4;1H3/q;;;;-1. The number of benzene rings is 20. The summed E-state index contributed by atoms with van der Waals surface area (Å²) in [6, 6.07) is 125. The number of nitrogens with zero attached hydrogens (tertiary/aromatic N) is 2. The third kappa shape index (κ3) is 15.6. The second-order valence-corrected chi connectivity index (χ2v) is 37.3. The number of fused-ring (bicyclic) bond motifs is 6. The van der Waals surface area contributed by atoms with Gasteiger partial charge in [0.2, 0.25) is 13.4 Å². The molecule has 20 aromatic rings. The maximum atomic E-state index is 6.18. The van der Waals surface area contributed by atoms with Gasteiger partial charge in [-0.05, 0) is 287 Å². The van der Waals surface area contributed by atoms with E-state index in [2.05, 4.69) is 464 Å². The van der Waals surface area contributed by atoms with Crippen molar-refractivity contribution in [3.8, 4) is 11.1 Å². The molecule has 8 heteroatoms. The normalized spacial score (nSPS) is 12.8. The molecule has 1 aliphatic rings. The Morgan fingerprint density at radius 3 is 0.891 bits per heavy atom. The van der Waals surface area contributed by atoms with Gasteiger partial charge in [-0.15, -0.1) is 0 Å². The van der Waals surface area contributed by atoms with Gasteiger partial charge in [0.25, 0.3) is 0 Å². The largest absolute Gasteiger partial charge is 0.494 e. The van der Waals surface area contributed by atoms with E-state index in [1.165, 1.54) is 197 Å². The third-order valence-electron chi connectivity index (χ3n) is 27.2. The van der Waals surface area contributed by atoms with E-state index in [1.807, 2.05) is 12.1 Å².